The second kappa shape index (κ2) is 7.13. The number of aliphatic hydroxyl groups is 1. The Bertz CT molecular complexity index is 919. The van der Waals surface area contributed by atoms with Gasteiger partial charge in [0.15, 0.2) is 0 Å². The van der Waals surface area contributed by atoms with Gasteiger partial charge in [0.05, 0.1) is 17.2 Å². The summed E-state index contributed by atoms with van der Waals surface area (Å²) in [6.07, 6.45) is 3.41. The number of amides is 1. The number of hydrogen-bond donors (Lipinski definition) is 2. The number of benzene rings is 1. The molecule has 0 saturated carbocycles. The van der Waals surface area contributed by atoms with Crippen LogP contribution in [0.1, 0.15) is 15.9 Å². The van der Waals surface area contributed by atoms with Gasteiger partial charge in [-0.15, -0.1) is 0 Å². The highest BCUT2D eigenvalue weighted by atomic mass is 35.5. The molecule has 0 spiro atoms. The highest BCUT2D eigenvalue weighted by Gasteiger charge is 2.17. The van der Waals surface area contributed by atoms with Gasteiger partial charge in [-0.2, -0.15) is 0 Å². The molecule has 1 amide bonds. The number of aromatic nitrogens is 2. The molecule has 0 aliphatic rings. The van der Waals surface area contributed by atoms with Gasteiger partial charge in [0.2, 0.25) is 0 Å². The van der Waals surface area contributed by atoms with Gasteiger partial charge in [0.25, 0.3) is 5.91 Å². The van der Waals surface area contributed by atoms with Crippen LogP contribution in [0.5, 0.6) is 5.75 Å². The fourth-order valence-corrected chi connectivity index (χ4v) is 3.04. The van der Waals surface area contributed by atoms with E-state index in [1.165, 1.54) is 6.20 Å². The van der Waals surface area contributed by atoms with E-state index in [1.54, 1.807) is 24.3 Å². The van der Waals surface area contributed by atoms with Gasteiger partial charge in [-0.1, -0.05) is 11.6 Å². The van der Waals surface area contributed by atoms with Crippen molar-refractivity contribution in [1.29, 1.82) is 0 Å². The number of halogens is 1. The van der Waals surface area contributed by atoms with Crippen LogP contribution in [0.15, 0.2) is 36.7 Å². The SMILES string of the molecule is Cc1cn(C)c2ncc(C(=O)Nc3ccc(OCCO)cc3)c(Cl)c12. The molecule has 0 bridgehead atoms. The molecule has 0 unspecified atom stereocenters. The number of pyridine rings is 1. The number of nitrogens with one attached hydrogen (secondary N) is 1. The molecule has 3 rings (SSSR count). The van der Waals surface area contributed by atoms with Crippen LogP contribution in [0.4, 0.5) is 5.69 Å². The van der Waals surface area contributed by atoms with Crippen molar-refractivity contribution in [3.63, 3.8) is 0 Å². The summed E-state index contributed by atoms with van der Waals surface area (Å²) in [7, 11) is 1.89. The third-order valence-corrected chi connectivity index (χ3v) is 4.22. The van der Waals surface area contributed by atoms with Crippen molar-refractivity contribution in [2.45, 2.75) is 6.92 Å². The molecule has 25 heavy (non-hydrogen) atoms. The minimum atomic E-state index is -0.327. The van der Waals surface area contributed by atoms with E-state index in [9.17, 15) is 4.79 Å². The average Bonchev–Trinajstić information content (AvgIpc) is 2.89. The van der Waals surface area contributed by atoms with Crippen LogP contribution in [-0.4, -0.2) is 33.8 Å². The third kappa shape index (κ3) is 3.45. The molecule has 2 aromatic heterocycles. The van der Waals surface area contributed by atoms with Gasteiger partial charge in [-0.3, -0.25) is 4.79 Å². The molecular formula is C18H18ClN3O3. The molecule has 0 aliphatic carbocycles. The van der Waals surface area contributed by atoms with Crippen molar-refractivity contribution in [1.82, 2.24) is 9.55 Å². The van der Waals surface area contributed by atoms with Crippen molar-refractivity contribution in [2.24, 2.45) is 7.05 Å². The summed E-state index contributed by atoms with van der Waals surface area (Å²) in [6, 6.07) is 6.88. The number of aryl methyl sites for hydroxylation is 2. The molecule has 2 heterocycles. The molecule has 0 radical (unpaired) electrons. The van der Waals surface area contributed by atoms with Crippen molar-refractivity contribution >= 4 is 34.2 Å². The first-order valence-electron chi connectivity index (χ1n) is 7.76. The summed E-state index contributed by atoms with van der Waals surface area (Å²) < 4.78 is 7.16. The summed E-state index contributed by atoms with van der Waals surface area (Å²) in [4.78, 5) is 16.9. The van der Waals surface area contributed by atoms with Crippen LogP contribution in [0, 0.1) is 6.92 Å². The van der Waals surface area contributed by atoms with Gasteiger partial charge in [0, 0.05) is 30.5 Å². The molecular weight excluding hydrogens is 342 g/mol. The maximum atomic E-state index is 12.5. The fraction of sp³-hybridized carbons (Fsp3) is 0.222. The number of hydrogen-bond acceptors (Lipinski definition) is 4. The average molecular weight is 360 g/mol. The van der Waals surface area contributed by atoms with E-state index in [-0.39, 0.29) is 19.1 Å². The van der Waals surface area contributed by atoms with E-state index in [2.05, 4.69) is 10.3 Å². The zero-order valence-electron chi connectivity index (χ0n) is 13.9. The van der Waals surface area contributed by atoms with Crippen LogP contribution in [0.3, 0.4) is 0 Å². The molecule has 7 heteroatoms. The van der Waals surface area contributed by atoms with Gasteiger partial charge >= 0.3 is 0 Å². The molecule has 0 fully saturated rings. The zero-order valence-corrected chi connectivity index (χ0v) is 14.7. The fourth-order valence-electron chi connectivity index (χ4n) is 2.67. The highest BCUT2D eigenvalue weighted by Crippen LogP contribution is 2.30. The first kappa shape index (κ1) is 17.3. The van der Waals surface area contributed by atoms with E-state index in [1.807, 2.05) is 24.7 Å². The summed E-state index contributed by atoms with van der Waals surface area (Å²) in [5.74, 6) is 0.291. The van der Waals surface area contributed by atoms with Crippen LogP contribution in [-0.2, 0) is 7.05 Å². The first-order valence-corrected chi connectivity index (χ1v) is 8.14. The molecule has 1 aromatic carbocycles. The quantitative estimate of drug-likeness (QED) is 0.733. The van der Waals surface area contributed by atoms with Crippen LogP contribution >= 0.6 is 11.6 Å². The van der Waals surface area contributed by atoms with E-state index >= 15 is 0 Å². The normalized spacial score (nSPS) is 10.9. The molecule has 3 aromatic rings. The number of carbonyl (C=O) groups excluding carboxylic acids is 1. The third-order valence-electron chi connectivity index (χ3n) is 3.83. The maximum absolute atomic E-state index is 12.5. The van der Waals surface area contributed by atoms with Crippen LogP contribution < -0.4 is 10.1 Å². The molecule has 130 valence electrons. The largest absolute Gasteiger partial charge is 0.491 e. The van der Waals surface area contributed by atoms with Gasteiger partial charge in [0.1, 0.15) is 18.0 Å². The predicted octanol–water partition coefficient (Wildman–Crippen LogP) is 3.16. The van der Waals surface area contributed by atoms with Crippen molar-refractivity contribution in [3.05, 3.63) is 52.8 Å². The Hall–Kier alpha value is -2.57. The number of aliphatic hydroxyl groups excluding tert-OH is 1. The Morgan fingerprint density at radius 3 is 2.76 bits per heavy atom. The molecule has 0 saturated heterocycles. The lowest BCUT2D eigenvalue weighted by Crippen LogP contribution is -2.13. The van der Waals surface area contributed by atoms with Crippen molar-refractivity contribution < 1.29 is 14.6 Å². The van der Waals surface area contributed by atoms with E-state index in [0.29, 0.717) is 22.0 Å². The number of fused-ring (bicyclic) bond motifs is 1. The summed E-state index contributed by atoms with van der Waals surface area (Å²) in [5.41, 5.74) is 2.64. The van der Waals surface area contributed by atoms with Crippen LogP contribution in [0.25, 0.3) is 11.0 Å². The van der Waals surface area contributed by atoms with E-state index < -0.39 is 0 Å². The summed E-state index contributed by atoms with van der Waals surface area (Å²) >= 11 is 6.45. The monoisotopic (exact) mass is 359 g/mol. The number of nitrogens with zero attached hydrogens (tertiary/aromatic N) is 2. The lowest BCUT2D eigenvalue weighted by atomic mass is 10.1. The Balaban J connectivity index is 1.82. The van der Waals surface area contributed by atoms with E-state index in [4.69, 9.17) is 21.4 Å². The molecule has 0 aliphatic heterocycles. The second-order valence-corrected chi connectivity index (χ2v) is 6.04. The van der Waals surface area contributed by atoms with Gasteiger partial charge < -0.3 is 19.7 Å². The number of anilines is 1. The lowest BCUT2D eigenvalue weighted by molar-refractivity contribution is 0.102. The molecule has 2 N–H and O–H groups in total. The topological polar surface area (TPSA) is 76.4 Å². The summed E-state index contributed by atoms with van der Waals surface area (Å²) in [5, 5.41) is 12.7. The highest BCUT2D eigenvalue weighted by molar-refractivity contribution is 6.39. The lowest BCUT2D eigenvalue weighted by Gasteiger charge is -2.09. The molecule has 6 nitrogen and oxygen atoms in total. The minimum Gasteiger partial charge on any atom is -0.491 e. The number of ether oxygens (including phenoxy) is 1. The van der Waals surface area contributed by atoms with Crippen molar-refractivity contribution in [2.75, 3.05) is 18.5 Å². The summed E-state index contributed by atoms with van der Waals surface area (Å²) in [6.45, 7) is 2.11. The Labute approximate surface area is 150 Å². The smallest absolute Gasteiger partial charge is 0.258 e. The minimum absolute atomic E-state index is 0.0502. The van der Waals surface area contributed by atoms with Gasteiger partial charge in [-0.25, -0.2) is 4.98 Å². The number of rotatable bonds is 5. The molecule has 0 atom stereocenters. The Kier molecular flexibility index (Phi) is 4.92. The Morgan fingerprint density at radius 2 is 2.08 bits per heavy atom. The zero-order chi connectivity index (χ0) is 18.0. The maximum Gasteiger partial charge on any atom is 0.258 e. The van der Waals surface area contributed by atoms with Crippen LogP contribution in [0.2, 0.25) is 5.02 Å². The van der Waals surface area contributed by atoms with Gasteiger partial charge in [-0.05, 0) is 36.8 Å². The predicted molar refractivity (Wildman–Crippen MR) is 97.4 cm³/mol. The van der Waals surface area contributed by atoms with Crippen molar-refractivity contribution in [3.8, 4) is 5.75 Å². The standard InChI is InChI=1S/C18H18ClN3O3/c1-11-10-22(2)17-15(11)16(19)14(9-20-17)18(24)21-12-3-5-13(6-4-12)25-8-7-23/h3-6,9-10,23H,7-8H2,1-2H3,(H,21,24). The first-order chi connectivity index (χ1) is 12.0. The second-order valence-electron chi connectivity index (χ2n) is 5.66. The Morgan fingerprint density at radius 1 is 1.36 bits per heavy atom. The number of carbonyl (C=O) groups is 1. The van der Waals surface area contributed by atoms with E-state index in [0.717, 1.165) is 16.6 Å².